The summed E-state index contributed by atoms with van der Waals surface area (Å²) in [5.41, 5.74) is 4.83. The number of aromatic nitrogens is 2. The van der Waals surface area contributed by atoms with E-state index in [-0.39, 0.29) is 31.0 Å². The first-order valence-corrected chi connectivity index (χ1v) is 6.39. The van der Waals surface area contributed by atoms with Crippen LogP contribution >= 0.6 is 0 Å². The highest BCUT2D eigenvalue weighted by Crippen LogP contribution is 2.16. The molecule has 2 atom stereocenters. The molecular formula is C12H18N4O3. The molecule has 1 fully saturated rings. The lowest BCUT2D eigenvalue weighted by Gasteiger charge is -2.12. The van der Waals surface area contributed by atoms with Crippen molar-refractivity contribution in [3.05, 3.63) is 33.1 Å². The molecule has 2 rings (SSSR count). The fourth-order valence-corrected chi connectivity index (χ4v) is 2.29. The topological polar surface area (TPSA) is 110 Å². The number of aromatic amines is 1. The number of carbonyl (C=O) groups is 1. The second-order valence-corrected chi connectivity index (χ2v) is 4.89. The molecule has 0 aliphatic heterocycles. The van der Waals surface area contributed by atoms with E-state index in [1.807, 2.05) is 0 Å². The molecule has 4 N–H and O–H groups in total. The lowest BCUT2D eigenvalue weighted by molar-refractivity contribution is -0.122. The maximum absolute atomic E-state index is 11.7. The largest absolute Gasteiger partial charge is 0.353 e. The van der Waals surface area contributed by atoms with Crippen LogP contribution < -0.4 is 22.3 Å². The molecule has 7 heteroatoms. The summed E-state index contributed by atoms with van der Waals surface area (Å²) in [6.07, 6.45) is 4.25. The van der Waals surface area contributed by atoms with Crippen LogP contribution in [0.15, 0.2) is 21.9 Å². The van der Waals surface area contributed by atoms with Crippen molar-refractivity contribution < 1.29 is 4.79 Å². The molecule has 19 heavy (non-hydrogen) atoms. The van der Waals surface area contributed by atoms with Gasteiger partial charge in [-0.25, -0.2) is 4.79 Å². The first kappa shape index (κ1) is 13.5. The molecule has 0 radical (unpaired) electrons. The number of hydrogen-bond donors (Lipinski definition) is 3. The number of carbonyl (C=O) groups excluding carboxylic acids is 1. The van der Waals surface area contributed by atoms with Crippen LogP contribution in [0.5, 0.6) is 0 Å². The fourth-order valence-electron chi connectivity index (χ4n) is 2.29. The van der Waals surface area contributed by atoms with Crippen LogP contribution in [-0.2, 0) is 11.3 Å². The van der Waals surface area contributed by atoms with Crippen molar-refractivity contribution in [3.63, 3.8) is 0 Å². The van der Waals surface area contributed by atoms with E-state index in [1.165, 1.54) is 16.8 Å². The molecule has 1 aromatic heterocycles. The summed E-state index contributed by atoms with van der Waals surface area (Å²) < 4.78 is 1.31. The number of nitrogens with zero attached hydrogens (tertiary/aromatic N) is 1. The van der Waals surface area contributed by atoms with E-state index in [9.17, 15) is 14.4 Å². The van der Waals surface area contributed by atoms with Gasteiger partial charge in [-0.1, -0.05) is 0 Å². The van der Waals surface area contributed by atoms with Crippen molar-refractivity contribution in [1.82, 2.24) is 14.9 Å². The van der Waals surface area contributed by atoms with Gasteiger partial charge in [-0.05, 0) is 19.3 Å². The Bertz CT molecular complexity index is 563. The molecule has 1 heterocycles. The molecular weight excluding hydrogens is 248 g/mol. The average Bonchev–Trinajstić information content (AvgIpc) is 2.73. The van der Waals surface area contributed by atoms with E-state index >= 15 is 0 Å². The molecule has 0 aromatic carbocycles. The summed E-state index contributed by atoms with van der Waals surface area (Å²) >= 11 is 0. The third-order valence-corrected chi connectivity index (χ3v) is 3.31. The third kappa shape index (κ3) is 3.78. The normalized spacial score (nSPS) is 22.4. The molecule has 7 nitrogen and oxygen atoms in total. The van der Waals surface area contributed by atoms with Gasteiger partial charge in [-0.2, -0.15) is 0 Å². The van der Waals surface area contributed by atoms with Gasteiger partial charge < -0.3 is 15.6 Å². The highest BCUT2D eigenvalue weighted by Gasteiger charge is 2.22. The standard InChI is InChI=1S/C12H18N4O3/c13-8-1-2-9(7-8)14-10(17)3-5-16-6-4-11(18)15-12(16)19/h4,6,8-9H,1-3,5,7,13H2,(H,14,17)(H,15,18,19)/t8-,9-/m1/s1. The Balaban J connectivity index is 1.83. The van der Waals surface area contributed by atoms with E-state index in [0.29, 0.717) is 0 Å². The van der Waals surface area contributed by atoms with Crippen LogP contribution in [-0.4, -0.2) is 27.5 Å². The van der Waals surface area contributed by atoms with Crippen LogP contribution in [0.2, 0.25) is 0 Å². The lowest BCUT2D eigenvalue weighted by Crippen LogP contribution is -2.36. The summed E-state index contributed by atoms with van der Waals surface area (Å²) in [4.78, 5) is 36.1. The Morgan fingerprint density at radius 2 is 2.26 bits per heavy atom. The number of nitrogens with one attached hydrogen (secondary N) is 2. The predicted octanol–water partition coefficient (Wildman–Crippen LogP) is -1.08. The van der Waals surface area contributed by atoms with Gasteiger partial charge in [-0.3, -0.25) is 14.6 Å². The number of amides is 1. The van der Waals surface area contributed by atoms with Gasteiger partial charge in [0.05, 0.1) is 0 Å². The van der Waals surface area contributed by atoms with Gasteiger partial charge in [-0.15, -0.1) is 0 Å². The number of nitrogens with two attached hydrogens (primary N) is 1. The Kier molecular flexibility index (Phi) is 4.16. The Labute approximate surface area is 109 Å². The van der Waals surface area contributed by atoms with Crippen molar-refractivity contribution in [2.75, 3.05) is 0 Å². The minimum absolute atomic E-state index is 0.0998. The molecule has 0 unspecified atom stereocenters. The van der Waals surface area contributed by atoms with Gasteiger partial charge >= 0.3 is 5.69 Å². The van der Waals surface area contributed by atoms with Crippen LogP contribution in [0.25, 0.3) is 0 Å². The van der Waals surface area contributed by atoms with E-state index < -0.39 is 11.2 Å². The Morgan fingerprint density at radius 3 is 2.89 bits per heavy atom. The van der Waals surface area contributed by atoms with Gasteiger partial charge in [0.1, 0.15) is 0 Å². The maximum atomic E-state index is 11.7. The molecule has 1 aliphatic carbocycles. The summed E-state index contributed by atoms with van der Waals surface area (Å²) in [5.74, 6) is -0.0998. The molecule has 1 aliphatic rings. The lowest BCUT2D eigenvalue weighted by atomic mass is 10.2. The Morgan fingerprint density at radius 1 is 1.47 bits per heavy atom. The first-order chi connectivity index (χ1) is 9.04. The second kappa shape index (κ2) is 5.83. The van der Waals surface area contributed by atoms with Gasteiger partial charge in [0.25, 0.3) is 5.56 Å². The summed E-state index contributed by atoms with van der Waals surface area (Å²) in [6, 6.07) is 1.58. The summed E-state index contributed by atoms with van der Waals surface area (Å²) in [5, 5.41) is 2.90. The number of rotatable bonds is 4. The maximum Gasteiger partial charge on any atom is 0.328 e. The molecule has 0 bridgehead atoms. The molecule has 0 spiro atoms. The molecule has 1 aromatic rings. The highest BCUT2D eigenvalue weighted by atomic mass is 16.2. The fraction of sp³-hybridized carbons (Fsp3) is 0.583. The average molecular weight is 266 g/mol. The zero-order valence-corrected chi connectivity index (χ0v) is 10.6. The zero-order valence-electron chi connectivity index (χ0n) is 10.6. The molecule has 1 amide bonds. The molecule has 104 valence electrons. The van der Waals surface area contributed by atoms with E-state index in [2.05, 4.69) is 10.3 Å². The van der Waals surface area contributed by atoms with Gasteiger partial charge in [0, 0.05) is 37.3 Å². The predicted molar refractivity (Wildman–Crippen MR) is 69.7 cm³/mol. The van der Waals surface area contributed by atoms with Crippen LogP contribution in [0.3, 0.4) is 0 Å². The number of H-pyrrole nitrogens is 1. The van der Waals surface area contributed by atoms with Gasteiger partial charge in [0.2, 0.25) is 5.91 Å². The minimum atomic E-state index is -0.497. The van der Waals surface area contributed by atoms with Gasteiger partial charge in [0.15, 0.2) is 0 Å². The Hall–Kier alpha value is -1.89. The van der Waals surface area contributed by atoms with E-state index in [1.54, 1.807) is 0 Å². The van der Waals surface area contributed by atoms with Crippen molar-refractivity contribution in [2.45, 2.75) is 44.3 Å². The first-order valence-electron chi connectivity index (χ1n) is 6.39. The SMILES string of the molecule is N[C@@H]1CC[C@@H](NC(=O)CCn2ccc(=O)[nH]c2=O)C1. The summed E-state index contributed by atoms with van der Waals surface area (Å²) in [7, 11) is 0. The zero-order chi connectivity index (χ0) is 13.8. The number of aryl methyl sites for hydroxylation is 1. The second-order valence-electron chi connectivity index (χ2n) is 4.89. The van der Waals surface area contributed by atoms with Crippen LogP contribution in [0.4, 0.5) is 0 Å². The quantitative estimate of drug-likeness (QED) is 0.644. The van der Waals surface area contributed by atoms with E-state index in [0.717, 1.165) is 19.3 Å². The van der Waals surface area contributed by atoms with Crippen molar-refractivity contribution >= 4 is 5.91 Å². The van der Waals surface area contributed by atoms with Crippen molar-refractivity contribution in [2.24, 2.45) is 5.73 Å². The van der Waals surface area contributed by atoms with Crippen LogP contribution in [0, 0.1) is 0 Å². The highest BCUT2D eigenvalue weighted by molar-refractivity contribution is 5.76. The minimum Gasteiger partial charge on any atom is -0.353 e. The monoisotopic (exact) mass is 266 g/mol. The summed E-state index contributed by atoms with van der Waals surface area (Å²) in [6.45, 7) is 0.250. The van der Waals surface area contributed by atoms with E-state index in [4.69, 9.17) is 5.73 Å². The van der Waals surface area contributed by atoms with Crippen molar-refractivity contribution in [1.29, 1.82) is 0 Å². The molecule has 1 saturated carbocycles. The number of hydrogen-bond acceptors (Lipinski definition) is 4. The van der Waals surface area contributed by atoms with Crippen LogP contribution in [0.1, 0.15) is 25.7 Å². The smallest absolute Gasteiger partial charge is 0.328 e. The molecule has 0 saturated heterocycles. The third-order valence-electron chi connectivity index (χ3n) is 3.31. The van der Waals surface area contributed by atoms with Crippen molar-refractivity contribution in [3.8, 4) is 0 Å².